The second-order valence-electron chi connectivity index (χ2n) is 2.60. The molecule has 0 heterocycles. The third-order valence-electron chi connectivity index (χ3n) is 1.55. The number of aliphatic hydroxyl groups excluding tert-OH is 2. The summed E-state index contributed by atoms with van der Waals surface area (Å²) in [5.41, 5.74) is 0. The van der Waals surface area contributed by atoms with Crippen LogP contribution in [0.3, 0.4) is 0 Å². The average Bonchev–Trinajstić information content (AvgIpc) is 1.98. The van der Waals surface area contributed by atoms with Crippen molar-refractivity contribution in [1.82, 2.24) is 0 Å². The quantitative estimate of drug-likeness (QED) is 0.514. The second-order valence-corrected chi connectivity index (χ2v) is 2.60. The first-order chi connectivity index (χ1) is 5.49. The summed E-state index contributed by atoms with van der Waals surface area (Å²) in [7, 11) is 1.29. The molecule has 0 spiro atoms. The molecule has 3 N–H and O–H groups in total. The van der Waals surface area contributed by atoms with E-state index in [1.54, 1.807) is 0 Å². The SMILES string of the molecule is CO[C@H](CC(=O)O)[C@@H](O)[C@H](C)O. The molecule has 5 heteroatoms. The first kappa shape index (κ1) is 11.4. The number of aliphatic carboxylic acids is 1. The van der Waals surface area contributed by atoms with Crippen molar-refractivity contribution in [1.29, 1.82) is 0 Å². The zero-order valence-corrected chi connectivity index (χ0v) is 7.10. The lowest BCUT2D eigenvalue weighted by atomic mass is 10.1. The third-order valence-corrected chi connectivity index (χ3v) is 1.55. The Hall–Kier alpha value is -0.650. The summed E-state index contributed by atoms with van der Waals surface area (Å²) in [5.74, 6) is -1.07. The van der Waals surface area contributed by atoms with E-state index in [1.165, 1.54) is 14.0 Å². The number of rotatable bonds is 5. The highest BCUT2D eigenvalue weighted by Crippen LogP contribution is 2.07. The molecule has 0 saturated heterocycles. The predicted octanol–water partition coefficient (Wildman–Crippen LogP) is -0.782. The fourth-order valence-corrected chi connectivity index (χ4v) is 0.826. The molecule has 0 radical (unpaired) electrons. The molecule has 0 bridgehead atoms. The van der Waals surface area contributed by atoms with Gasteiger partial charge in [0.2, 0.25) is 0 Å². The van der Waals surface area contributed by atoms with Crippen LogP contribution in [0.25, 0.3) is 0 Å². The van der Waals surface area contributed by atoms with Gasteiger partial charge in [-0.2, -0.15) is 0 Å². The maximum absolute atomic E-state index is 10.2. The Bertz CT molecular complexity index is 145. The zero-order chi connectivity index (χ0) is 9.72. The van der Waals surface area contributed by atoms with Crippen LogP contribution in [-0.4, -0.2) is 46.7 Å². The van der Waals surface area contributed by atoms with E-state index >= 15 is 0 Å². The average molecular weight is 178 g/mol. The van der Waals surface area contributed by atoms with Gasteiger partial charge in [0.15, 0.2) is 0 Å². The standard InChI is InChI=1S/C7H14O5/c1-4(8)7(11)5(12-2)3-6(9)10/h4-5,7-8,11H,3H2,1-2H3,(H,9,10)/t4-,5+,7-/m0/s1. The minimum atomic E-state index is -1.16. The fourth-order valence-electron chi connectivity index (χ4n) is 0.826. The number of hydrogen-bond acceptors (Lipinski definition) is 4. The topological polar surface area (TPSA) is 87.0 Å². The van der Waals surface area contributed by atoms with Gasteiger partial charge in [0.05, 0.1) is 18.6 Å². The zero-order valence-electron chi connectivity index (χ0n) is 7.10. The van der Waals surface area contributed by atoms with E-state index in [1.807, 2.05) is 0 Å². The normalized spacial score (nSPS) is 18.3. The minimum Gasteiger partial charge on any atom is -0.481 e. The summed E-state index contributed by atoms with van der Waals surface area (Å²) in [5, 5.41) is 26.5. The van der Waals surface area contributed by atoms with Gasteiger partial charge in [-0.3, -0.25) is 4.79 Å². The second kappa shape index (κ2) is 5.08. The molecule has 0 rings (SSSR count). The number of carboxylic acids is 1. The fraction of sp³-hybridized carbons (Fsp3) is 0.857. The van der Waals surface area contributed by atoms with Gasteiger partial charge in [-0.05, 0) is 6.92 Å². The van der Waals surface area contributed by atoms with Crippen LogP contribution in [0.2, 0.25) is 0 Å². The third kappa shape index (κ3) is 3.66. The Balaban J connectivity index is 4.04. The number of ether oxygens (including phenoxy) is 1. The van der Waals surface area contributed by atoms with Crippen molar-refractivity contribution < 1.29 is 24.9 Å². The summed E-state index contributed by atoms with van der Waals surface area (Å²) < 4.78 is 4.69. The lowest BCUT2D eigenvalue weighted by Gasteiger charge is -2.21. The first-order valence-corrected chi connectivity index (χ1v) is 3.59. The Morgan fingerprint density at radius 2 is 2.00 bits per heavy atom. The Labute approximate surface area is 70.6 Å². The van der Waals surface area contributed by atoms with Crippen molar-refractivity contribution in [3.05, 3.63) is 0 Å². The number of carboxylic acid groups (broad SMARTS) is 1. The molecular weight excluding hydrogens is 164 g/mol. The smallest absolute Gasteiger partial charge is 0.306 e. The van der Waals surface area contributed by atoms with Gasteiger partial charge < -0.3 is 20.1 Å². The van der Waals surface area contributed by atoms with E-state index in [-0.39, 0.29) is 6.42 Å². The number of methoxy groups -OCH3 is 1. The monoisotopic (exact) mass is 178 g/mol. The Kier molecular flexibility index (Phi) is 4.80. The van der Waals surface area contributed by atoms with Crippen LogP contribution in [0.15, 0.2) is 0 Å². The molecule has 0 aromatic carbocycles. The van der Waals surface area contributed by atoms with Gasteiger partial charge >= 0.3 is 5.97 Å². The number of aliphatic hydroxyl groups is 2. The lowest BCUT2D eigenvalue weighted by Crippen LogP contribution is -2.38. The number of hydrogen-bond donors (Lipinski definition) is 3. The molecule has 0 aromatic rings. The van der Waals surface area contributed by atoms with E-state index < -0.39 is 24.3 Å². The van der Waals surface area contributed by atoms with Crippen molar-refractivity contribution in [2.75, 3.05) is 7.11 Å². The molecule has 0 fully saturated rings. The molecule has 72 valence electrons. The summed E-state index contributed by atoms with van der Waals surface area (Å²) >= 11 is 0. The van der Waals surface area contributed by atoms with Crippen LogP contribution in [0.5, 0.6) is 0 Å². The van der Waals surface area contributed by atoms with Gasteiger partial charge in [0.25, 0.3) is 0 Å². The molecule has 12 heavy (non-hydrogen) atoms. The van der Waals surface area contributed by atoms with Gasteiger partial charge in [-0.1, -0.05) is 0 Å². The molecule has 0 amide bonds. The van der Waals surface area contributed by atoms with Crippen LogP contribution < -0.4 is 0 Å². The maximum atomic E-state index is 10.2. The van der Waals surface area contributed by atoms with Crippen molar-refractivity contribution in [2.24, 2.45) is 0 Å². The van der Waals surface area contributed by atoms with Crippen LogP contribution in [0.1, 0.15) is 13.3 Å². The van der Waals surface area contributed by atoms with Crippen LogP contribution in [0, 0.1) is 0 Å². The molecule has 0 aliphatic carbocycles. The highest BCUT2D eigenvalue weighted by Gasteiger charge is 2.25. The summed E-state index contributed by atoms with van der Waals surface area (Å²) in [4.78, 5) is 10.2. The number of carbonyl (C=O) groups is 1. The van der Waals surface area contributed by atoms with Crippen molar-refractivity contribution in [2.45, 2.75) is 31.7 Å². The van der Waals surface area contributed by atoms with Crippen molar-refractivity contribution in [3.8, 4) is 0 Å². The molecule has 0 aliphatic rings. The van der Waals surface area contributed by atoms with Crippen LogP contribution in [0.4, 0.5) is 0 Å². The molecule has 5 nitrogen and oxygen atoms in total. The van der Waals surface area contributed by atoms with Gasteiger partial charge in [-0.15, -0.1) is 0 Å². The van der Waals surface area contributed by atoms with Crippen LogP contribution in [-0.2, 0) is 9.53 Å². The van der Waals surface area contributed by atoms with Gasteiger partial charge in [0, 0.05) is 7.11 Å². The molecular formula is C7H14O5. The van der Waals surface area contributed by atoms with E-state index in [0.717, 1.165) is 0 Å². The molecule has 3 atom stereocenters. The van der Waals surface area contributed by atoms with E-state index in [4.69, 9.17) is 14.9 Å². The summed E-state index contributed by atoms with van der Waals surface area (Å²) in [6, 6.07) is 0. The first-order valence-electron chi connectivity index (χ1n) is 3.59. The van der Waals surface area contributed by atoms with Gasteiger partial charge in [-0.25, -0.2) is 0 Å². The molecule has 0 aromatic heterocycles. The summed E-state index contributed by atoms with van der Waals surface area (Å²) in [6.45, 7) is 1.37. The van der Waals surface area contributed by atoms with E-state index in [9.17, 15) is 9.90 Å². The highest BCUT2D eigenvalue weighted by atomic mass is 16.5. The largest absolute Gasteiger partial charge is 0.481 e. The molecule has 0 aliphatic heterocycles. The van der Waals surface area contributed by atoms with Crippen molar-refractivity contribution >= 4 is 5.97 Å². The predicted molar refractivity (Wildman–Crippen MR) is 40.7 cm³/mol. The molecule has 0 saturated carbocycles. The van der Waals surface area contributed by atoms with E-state index in [0.29, 0.717) is 0 Å². The van der Waals surface area contributed by atoms with Crippen LogP contribution >= 0.6 is 0 Å². The molecule has 0 unspecified atom stereocenters. The lowest BCUT2D eigenvalue weighted by molar-refractivity contribution is -0.144. The minimum absolute atomic E-state index is 0.317. The summed E-state index contributed by atoms with van der Waals surface area (Å²) in [6.07, 6.45) is -3.33. The maximum Gasteiger partial charge on any atom is 0.306 e. The highest BCUT2D eigenvalue weighted by molar-refractivity contribution is 5.67. The Morgan fingerprint density at radius 3 is 2.25 bits per heavy atom. The van der Waals surface area contributed by atoms with Crippen molar-refractivity contribution in [3.63, 3.8) is 0 Å². The Morgan fingerprint density at radius 1 is 1.50 bits per heavy atom. The van der Waals surface area contributed by atoms with E-state index in [2.05, 4.69) is 0 Å². The van der Waals surface area contributed by atoms with Gasteiger partial charge in [0.1, 0.15) is 6.10 Å².